The van der Waals surface area contributed by atoms with Crippen LogP contribution in [0.3, 0.4) is 0 Å². The predicted octanol–water partition coefficient (Wildman–Crippen LogP) is 5.37. The Labute approximate surface area is 186 Å². The van der Waals surface area contributed by atoms with Crippen molar-refractivity contribution in [2.45, 2.75) is 0 Å². The van der Waals surface area contributed by atoms with Crippen LogP contribution in [0, 0.1) is 0 Å². The molecule has 1 aromatic heterocycles. The summed E-state index contributed by atoms with van der Waals surface area (Å²) in [7, 11) is 3.24. The fourth-order valence-electron chi connectivity index (χ4n) is 3.22. The van der Waals surface area contributed by atoms with Crippen molar-refractivity contribution in [2.24, 2.45) is 0 Å². The van der Waals surface area contributed by atoms with Crippen LogP contribution in [-0.2, 0) is 0 Å². The predicted molar refractivity (Wildman–Crippen MR) is 126 cm³/mol. The van der Waals surface area contributed by atoms with Gasteiger partial charge in [0, 0.05) is 29.7 Å². The maximum absolute atomic E-state index is 13.1. The number of ketones is 1. The number of nitrogens with one attached hydrogen (secondary N) is 1. The van der Waals surface area contributed by atoms with Crippen molar-refractivity contribution in [2.75, 3.05) is 19.5 Å². The lowest BCUT2D eigenvalue weighted by Gasteiger charge is -2.03. The van der Waals surface area contributed by atoms with Crippen LogP contribution in [0.2, 0.25) is 0 Å². The van der Waals surface area contributed by atoms with Gasteiger partial charge in [-0.15, -0.1) is 0 Å². The second kappa shape index (κ2) is 9.66. The minimum Gasteiger partial charge on any atom is -0.497 e. The third-order valence-corrected chi connectivity index (χ3v) is 4.94. The molecule has 1 heterocycles. The number of carbonyl (C=O) groups is 1. The number of methoxy groups -OCH3 is 2. The van der Waals surface area contributed by atoms with Gasteiger partial charge in [-0.1, -0.05) is 18.2 Å². The fourth-order valence-corrected chi connectivity index (χ4v) is 3.22. The molecule has 0 saturated carbocycles. The fraction of sp³-hybridized carbons (Fsp3) is 0.0769. The Bertz CT molecular complexity index is 1210. The van der Waals surface area contributed by atoms with Crippen LogP contribution in [0.25, 0.3) is 16.9 Å². The number of rotatable bonds is 8. The normalized spacial score (nSPS) is 10.8. The molecule has 32 heavy (non-hydrogen) atoms. The molecule has 0 unspecified atom stereocenters. The van der Waals surface area contributed by atoms with Crippen molar-refractivity contribution in [1.82, 2.24) is 9.78 Å². The van der Waals surface area contributed by atoms with Gasteiger partial charge < -0.3 is 14.8 Å². The molecular weight excluding hydrogens is 402 g/mol. The minimum absolute atomic E-state index is 0.154. The number of hydrogen-bond acceptors (Lipinski definition) is 5. The summed E-state index contributed by atoms with van der Waals surface area (Å²) in [5.41, 5.74) is 3.68. The Morgan fingerprint density at radius 2 is 1.50 bits per heavy atom. The van der Waals surface area contributed by atoms with Crippen molar-refractivity contribution in [3.8, 4) is 28.4 Å². The van der Waals surface area contributed by atoms with E-state index in [4.69, 9.17) is 14.6 Å². The topological polar surface area (TPSA) is 65.4 Å². The zero-order valence-corrected chi connectivity index (χ0v) is 17.9. The first kappa shape index (κ1) is 20.9. The molecule has 160 valence electrons. The molecule has 0 spiro atoms. The largest absolute Gasteiger partial charge is 0.497 e. The van der Waals surface area contributed by atoms with Crippen LogP contribution in [-0.4, -0.2) is 29.8 Å². The van der Waals surface area contributed by atoms with Crippen molar-refractivity contribution in [3.63, 3.8) is 0 Å². The van der Waals surface area contributed by atoms with Crippen molar-refractivity contribution >= 4 is 11.5 Å². The van der Waals surface area contributed by atoms with E-state index in [1.165, 1.54) is 6.08 Å². The van der Waals surface area contributed by atoms with E-state index < -0.39 is 0 Å². The van der Waals surface area contributed by atoms with Gasteiger partial charge in [0.25, 0.3) is 0 Å². The van der Waals surface area contributed by atoms with Crippen LogP contribution in [0.4, 0.5) is 5.69 Å². The third kappa shape index (κ3) is 4.70. The van der Waals surface area contributed by atoms with Crippen LogP contribution >= 0.6 is 0 Å². The van der Waals surface area contributed by atoms with Crippen molar-refractivity contribution in [3.05, 3.63) is 103 Å². The quantitative estimate of drug-likeness (QED) is 0.304. The van der Waals surface area contributed by atoms with Crippen LogP contribution < -0.4 is 14.8 Å². The van der Waals surface area contributed by atoms with Gasteiger partial charge in [0.15, 0.2) is 5.78 Å². The molecule has 6 heteroatoms. The highest BCUT2D eigenvalue weighted by Gasteiger charge is 2.17. The SMILES string of the molecule is COc1ccc(N/C=C\C(=O)c2cn(-c3ccccc3)nc2-c2ccc(OC)cc2)cc1. The Morgan fingerprint density at radius 3 is 2.12 bits per heavy atom. The summed E-state index contributed by atoms with van der Waals surface area (Å²) in [6.45, 7) is 0. The maximum atomic E-state index is 13.1. The van der Waals surface area contributed by atoms with Gasteiger partial charge in [0.2, 0.25) is 0 Å². The molecule has 0 aliphatic rings. The Kier molecular flexibility index (Phi) is 6.32. The Balaban J connectivity index is 1.62. The van der Waals surface area contributed by atoms with Gasteiger partial charge in [0.05, 0.1) is 25.5 Å². The molecule has 3 aromatic carbocycles. The second-order valence-corrected chi connectivity index (χ2v) is 6.97. The lowest BCUT2D eigenvalue weighted by Crippen LogP contribution is -1.97. The molecule has 1 N–H and O–H groups in total. The number of ether oxygens (including phenoxy) is 2. The molecule has 4 rings (SSSR count). The highest BCUT2D eigenvalue weighted by molar-refractivity contribution is 6.08. The molecule has 0 radical (unpaired) electrons. The van der Waals surface area contributed by atoms with Gasteiger partial charge in [-0.05, 0) is 60.7 Å². The smallest absolute Gasteiger partial charge is 0.191 e. The first-order chi connectivity index (χ1) is 15.7. The van der Waals surface area contributed by atoms with Crippen LogP contribution in [0.15, 0.2) is 97.3 Å². The number of benzene rings is 3. The number of carbonyl (C=O) groups excluding carboxylic acids is 1. The summed E-state index contributed by atoms with van der Waals surface area (Å²) >= 11 is 0. The zero-order valence-electron chi connectivity index (χ0n) is 17.9. The monoisotopic (exact) mass is 425 g/mol. The number of hydrogen-bond donors (Lipinski definition) is 1. The van der Waals surface area contributed by atoms with Gasteiger partial charge in [-0.25, -0.2) is 4.68 Å². The number of para-hydroxylation sites is 1. The molecule has 0 atom stereocenters. The van der Waals surface area contributed by atoms with Crippen molar-refractivity contribution in [1.29, 1.82) is 0 Å². The molecule has 0 saturated heterocycles. The molecule has 4 aromatic rings. The van der Waals surface area contributed by atoms with Crippen LogP contribution in [0.1, 0.15) is 10.4 Å². The van der Waals surface area contributed by atoms with Gasteiger partial charge >= 0.3 is 0 Å². The minimum atomic E-state index is -0.154. The third-order valence-electron chi connectivity index (χ3n) is 4.94. The van der Waals surface area contributed by atoms with E-state index in [-0.39, 0.29) is 5.78 Å². The number of anilines is 1. The molecule has 0 aliphatic heterocycles. The first-order valence-corrected chi connectivity index (χ1v) is 10.1. The summed E-state index contributed by atoms with van der Waals surface area (Å²) in [5, 5.41) is 7.81. The summed E-state index contributed by atoms with van der Waals surface area (Å²) in [4.78, 5) is 13.1. The van der Waals surface area contributed by atoms with Gasteiger partial charge in [0.1, 0.15) is 17.2 Å². The average Bonchev–Trinajstić information content (AvgIpc) is 3.31. The molecule has 0 aliphatic carbocycles. The maximum Gasteiger partial charge on any atom is 0.191 e. The van der Waals surface area contributed by atoms with E-state index in [1.807, 2.05) is 78.9 Å². The first-order valence-electron chi connectivity index (χ1n) is 10.1. The van der Waals surface area contributed by atoms with E-state index in [2.05, 4.69) is 5.32 Å². The summed E-state index contributed by atoms with van der Waals surface area (Å²) in [5.74, 6) is 1.36. The molecule has 0 amide bonds. The van der Waals surface area contributed by atoms with E-state index >= 15 is 0 Å². The Morgan fingerprint density at radius 1 is 0.875 bits per heavy atom. The summed E-state index contributed by atoms with van der Waals surface area (Å²) < 4.78 is 12.1. The van der Waals surface area contributed by atoms with Gasteiger partial charge in [-0.2, -0.15) is 5.10 Å². The summed E-state index contributed by atoms with van der Waals surface area (Å²) in [6, 6.07) is 24.7. The molecular formula is C26H23N3O3. The lowest BCUT2D eigenvalue weighted by atomic mass is 10.1. The van der Waals surface area contributed by atoms with Gasteiger partial charge in [-0.3, -0.25) is 4.79 Å². The van der Waals surface area contributed by atoms with E-state index in [1.54, 1.807) is 31.3 Å². The number of nitrogens with zero attached hydrogens (tertiary/aromatic N) is 2. The summed E-state index contributed by atoms with van der Waals surface area (Å²) in [6.07, 6.45) is 4.89. The van der Waals surface area contributed by atoms with E-state index in [0.717, 1.165) is 28.4 Å². The number of allylic oxidation sites excluding steroid dienone is 1. The molecule has 0 fully saturated rings. The molecule has 6 nitrogen and oxygen atoms in total. The highest BCUT2D eigenvalue weighted by atomic mass is 16.5. The Hall–Kier alpha value is -4.32. The van der Waals surface area contributed by atoms with E-state index in [9.17, 15) is 4.79 Å². The van der Waals surface area contributed by atoms with Crippen molar-refractivity contribution < 1.29 is 14.3 Å². The average molecular weight is 425 g/mol. The van der Waals surface area contributed by atoms with E-state index in [0.29, 0.717) is 11.3 Å². The zero-order chi connectivity index (χ0) is 22.3. The highest BCUT2D eigenvalue weighted by Crippen LogP contribution is 2.26. The second-order valence-electron chi connectivity index (χ2n) is 6.97. The molecule has 0 bridgehead atoms. The van der Waals surface area contributed by atoms with Crippen LogP contribution in [0.5, 0.6) is 11.5 Å². The standard InChI is InChI=1S/C26H23N3O3/c1-31-22-12-8-19(9-13-22)26-24(18-29(28-26)21-6-4-3-5-7-21)25(30)16-17-27-20-10-14-23(32-2)15-11-20/h3-18,27H,1-2H3/b17-16-. The lowest BCUT2D eigenvalue weighted by molar-refractivity contribution is 0.104. The number of aromatic nitrogens is 2.